The third-order valence-electron chi connectivity index (χ3n) is 5.76. The number of aromatic nitrogens is 2. The number of para-hydroxylation sites is 2. The minimum Gasteiger partial charge on any atom is -0.271 e. The molecule has 3 aromatic carbocycles. The Morgan fingerprint density at radius 3 is 2.32 bits per heavy atom. The summed E-state index contributed by atoms with van der Waals surface area (Å²) >= 11 is 6.32. The number of hydrogen-bond donors (Lipinski definition) is 1. The molecule has 0 saturated heterocycles. The molecule has 1 amide bonds. The first kappa shape index (κ1) is 26.1. The molecule has 0 spiro atoms. The second kappa shape index (κ2) is 11.4. The molecule has 190 valence electrons. The van der Waals surface area contributed by atoms with Crippen LogP contribution in [0.1, 0.15) is 23.7 Å². The number of hydrazone groups is 1. The van der Waals surface area contributed by atoms with E-state index < -0.39 is 22.5 Å². The van der Waals surface area contributed by atoms with Crippen molar-refractivity contribution in [3.63, 3.8) is 0 Å². The van der Waals surface area contributed by atoms with Gasteiger partial charge in [-0.05, 0) is 49.2 Å². The summed E-state index contributed by atoms with van der Waals surface area (Å²) < 4.78 is 29.9. The van der Waals surface area contributed by atoms with Gasteiger partial charge >= 0.3 is 0 Å². The standard InChI is InChI=1S/C27H26ClN5O3S/c1-3-21-12-10-11-17-25(21)32(37(35,36)23-15-8-5-9-16-23)19-26(34)30-29-18-24-20(2)33(31-27(24)28)22-13-6-4-7-14-22/h4-18H,3,19H2,1-2H3,(H,30,34)/b29-18-. The Bertz CT molecular complexity index is 1520. The van der Waals surface area contributed by atoms with Gasteiger partial charge in [-0.25, -0.2) is 18.5 Å². The van der Waals surface area contributed by atoms with Crippen molar-refractivity contribution in [2.75, 3.05) is 10.8 Å². The van der Waals surface area contributed by atoms with Crippen LogP contribution in [0.4, 0.5) is 5.69 Å². The minimum absolute atomic E-state index is 0.0907. The molecular weight excluding hydrogens is 510 g/mol. The molecule has 1 heterocycles. The number of anilines is 1. The number of nitrogens with one attached hydrogen (secondary N) is 1. The quantitative estimate of drug-likeness (QED) is 0.247. The summed E-state index contributed by atoms with van der Waals surface area (Å²) in [4.78, 5) is 13.0. The summed E-state index contributed by atoms with van der Waals surface area (Å²) in [7, 11) is -4.01. The van der Waals surface area contributed by atoms with Crippen molar-refractivity contribution < 1.29 is 13.2 Å². The predicted octanol–water partition coefficient (Wildman–Crippen LogP) is 4.74. The van der Waals surface area contributed by atoms with Crippen LogP contribution in [-0.2, 0) is 21.2 Å². The number of carbonyl (C=O) groups excluding carboxylic acids is 1. The largest absolute Gasteiger partial charge is 0.271 e. The Morgan fingerprint density at radius 1 is 1.03 bits per heavy atom. The number of amides is 1. The average Bonchev–Trinajstić information content (AvgIpc) is 3.21. The van der Waals surface area contributed by atoms with Crippen LogP contribution in [0.3, 0.4) is 0 Å². The van der Waals surface area contributed by atoms with Crippen LogP contribution < -0.4 is 9.73 Å². The maximum absolute atomic E-state index is 13.5. The Labute approximate surface area is 221 Å². The van der Waals surface area contributed by atoms with E-state index in [9.17, 15) is 13.2 Å². The number of sulfonamides is 1. The molecule has 1 N–H and O–H groups in total. The van der Waals surface area contributed by atoms with E-state index in [1.807, 2.05) is 56.3 Å². The van der Waals surface area contributed by atoms with Crippen molar-refractivity contribution in [1.82, 2.24) is 15.2 Å². The number of carbonyl (C=O) groups is 1. The smallest absolute Gasteiger partial charge is 0.264 e. The van der Waals surface area contributed by atoms with Gasteiger partial charge in [0.15, 0.2) is 5.15 Å². The SMILES string of the molecule is CCc1ccccc1N(CC(=O)N/N=C\c1c(Cl)nn(-c2ccccc2)c1C)S(=O)(=O)c1ccccc1. The third kappa shape index (κ3) is 5.73. The first-order valence-electron chi connectivity index (χ1n) is 11.6. The maximum atomic E-state index is 13.5. The van der Waals surface area contributed by atoms with Gasteiger partial charge in [-0.3, -0.25) is 9.10 Å². The van der Waals surface area contributed by atoms with E-state index >= 15 is 0 Å². The number of aryl methyl sites for hydroxylation is 1. The van der Waals surface area contributed by atoms with Crippen molar-refractivity contribution in [1.29, 1.82) is 0 Å². The molecule has 37 heavy (non-hydrogen) atoms. The van der Waals surface area contributed by atoms with Crippen molar-refractivity contribution in [2.24, 2.45) is 5.10 Å². The molecular formula is C27H26ClN5O3S. The number of nitrogens with zero attached hydrogens (tertiary/aromatic N) is 4. The first-order valence-corrected chi connectivity index (χ1v) is 13.4. The van der Waals surface area contributed by atoms with E-state index in [4.69, 9.17) is 11.6 Å². The highest BCUT2D eigenvalue weighted by Gasteiger charge is 2.28. The fraction of sp³-hybridized carbons (Fsp3) is 0.148. The van der Waals surface area contributed by atoms with E-state index in [2.05, 4.69) is 15.6 Å². The van der Waals surface area contributed by atoms with Gasteiger partial charge in [0.25, 0.3) is 15.9 Å². The topological polar surface area (TPSA) is 96.7 Å². The van der Waals surface area contributed by atoms with Crippen LogP contribution in [0.5, 0.6) is 0 Å². The van der Waals surface area contributed by atoms with E-state index in [-0.39, 0.29) is 10.0 Å². The molecule has 1 aromatic heterocycles. The molecule has 0 atom stereocenters. The van der Waals surface area contributed by atoms with Crippen LogP contribution >= 0.6 is 11.6 Å². The molecule has 0 fully saturated rings. The van der Waals surface area contributed by atoms with Crippen LogP contribution in [0.15, 0.2) is 94.9 Å². The van der Waals surface area contributed by atoms with Gasteiger partial charge in [-0.15, -0.1) is 0 Å². The molecule has 0 aliphatic carbocycles. The van der Waals surface area contributed by atoms with Gasteiger partial charge in [0, 0.05) is 0 Å². The third-order valence-corrected chi connectivity index (χ3v) is 7.81. The van der Waals surface area contributed by atoms with E-state index in [1.54, 1.807) is 35.0 Å². The summed E-state index contributed by atoms with van der Waals surface area (Å²) in [5.74, 6) is -0.606. The summed E-state index contributed by atoms with van der Waals surface area (Å²) in [5, 5.41) is 8.60. The molecule has 4 rings (SSSR count). The summed E-state index contributed by atoms with van der Waals surface area (Å²) in [5.41, 5.74) is 5.77. The predicted molar refractivity (Wildman–Crippen MR) is 146 cm³/mol. The lowest BCUT2D eigenvalue weighted by molar-refractivity contribution is -0.119. The Morgan fingerprint density at radius 2 is 1.65 bits per heavy atom. The number of rotatable bonds is 9. The normalized spacial score (nSPS) is 11.5. The van der Waals surface area contributed by atoms with Crippen molar-refractivity contribution in [3.05, 3.63) is 107 Å². The van der Waals surface area contributed by atoms with E-state index in [0.717, 1.165) is 21.2 Å². The molecule has 4 aromatic rings. The van der Waals surface area contributed by atoms with E-state index in [1.165, 1.54) is 18.3 Å². The van der Waals surface area contributed by atoms with Gasteiger partial charge in [0.05, 0.1) is 33.7 Å². The Balaban J connectivity index is 1.58. The number of hydrogen-bond acceptors (Lipinski definition) is 5. The molecule has 0 saturated carbocycles. The molecule has 0 aliphatic rings. The van der Waals surface area contributed by atoms with Gasteiger partial charge < -0.3 is 0 Å². The Hall–Kier alpha value is -3.95. The minimum atomic E-state index is -4.01. The lowest BCUT2D eigenvalue weighted by Gasteiger charge is -2.25. The molecule has 10 heteroatoms. The van der Waals surface area contributed by atoms with Crippen molar-refractivity contribution in [3.8, 4) is 5.69 Å². The molecule has 0 bridgehead atoms. The van der Waals surface area contributed by atoms with Crippen molar-refractivity contribution in [2.45, 2.75) is 25.2 Å². The highest BCUT2D eigenvalue weighted by molar-refractivity contribution is 7.92. The highest BCUT2D eigenvalue weighted by atomic mass is 35.5. The van der Waals surface area contributed by atoms with Gasteiger partial charge in [-0.1, -0.05) is 73.1 Å². The Kier molecular flexibility index (Phi) is 8.05. The highest BCUT2D eigenvalue weighted by Crippen LogP contribution is 2.27. The zero-order valence-corrected chi connectivity index (χ0v) is 21.9. The van der Waals surface area contributed by atoms with E-state index in [0.29, 0.717) is 17.7 Å². The second-order valence-corrected chi connectivity index (χ2v) is 10.4. The summed E-state index contributed by atoms with van der Waals surface area (Å²) in [6.45, 7) is 3.31. The van der Waals surface area contributed by atoms with Crippen LogP contribution in [0.25, 0.3) is 5.69 Å². The summed E-state index contributed by atoms with van der Waals surface area (Å²) in [6, 6.07) is 24.6. The second-order valence-electron chi connectivity index (χ2n) is 8.14. The zero-order valence-electron chi connectivity index (χ0n) is 20.4. The fourth-order valence-corrected chi connectivity index (χ4v) is 5.60. The lowest BCUT2D eigenvalue weighted by atomic mass is 10.1. The van der Waals surface area contributed by atoms with Crippen LogP contribution in [0, 0.1) is 6.92 Å². The average molecular weight is 536 g/mol. The van der Waals surface area contributed by atoms with Gasteiger partial charge in [0.2, 0.25) is 0 Å². The van der Waals surface area contributed by atoms with Gasteiger partial charge in [0.1, 0.15) is 6.54 Å². The van der Waals surface area contributed by atoms with Crippen LogP contribution in [-0.4, -0.2) is 36.9 Å². The fourth-order valence-electron chi connectivity index (χ4n) is 3.85. The van der Waals surface area contributed by atoms with Crippen LogP contribution in [0.2, 0.25) is 5.15 Å². The molecule has 0 aliphatic heterocycles. The van der Waals surface area contributed by atoms with Crippen molar-refractivity contribution >= 4 is 39.4 Å². The van der Waals surface area contributed by atoms with Gasteiger partial charge in [-0.2, -0.15) is 10.2 Å². The maximum Gasteiger partial charge on any atom is 0.264 e. The summed E-state index contributed by atoms with van der Waals surface area (Å²) in [6.07, 6.45) is 2.00. The molecule has 0 unspecified atom stereocenters. The molecule has 8 nitrogen and oxygen atoms in total. The number of halogens is 1. The monoisotopic (exact) mass is 535 g/mol. The molecule has 0 radical (unpaired) electrons. The lowest BCUT2D eigenvalue weighted by Crippen LogP contribution is -2.40. The number of benzene rings is 3. The zero-order chi connectivity index (χ0) is 26.4. The first-order chi connectivity index (χ1) is 17.8.